The van der Waals surface area contributed by atoms with Gasteiger partial charge in [-0.2, -0.15) is 4.98 Å². The fourth-order valence-corrected chi connectivity index (χ4v) is 1.46. The van der Waals surface area contributed by atoms with Crippen molar-refractivity contribution in [1.29, 1.82) is 0 Å². The van der Waals surface area contributed by atoms with E-state index in [2.05, 4.69) is 40.9 Å². The Morgan fingerprint density at radius 1 is 1.47 bits per heavy atom. The van der Waals surface area contributed by atoms with Gasteiger partial charge in [0.15, 0.2) is 5.65 Å². The molecule has 2 aromatic heterocycles. The molecule has 0 aliphatic heterocycles. The van der Waals surface area contributed by atoms with Crippen molar-refractivity contribution >= 4 is 39.4 Å². The van der Waals surface area contributed by atoms with Crippen LogP contribution in [0.1, 0.15) is 0 Å². The van der Waals surface area contributed by atoms with Crippen molar-refractivity contribution in [3.8, 4) is 0 Å². The molecule has 0 aliphatic rings. The summed E-state index contributed by atoms with van der Waals surface area (Å²) < 4.78 is 0.663. The monoisotopic (exact) mass is 268 g/mol. The van der Waals surface area contributed by atoms with Crippen LogP contribution >= 0.6 is 15.9 Å². The zero-order valence-corrected chi connectivity index (χ0v) is 9.85. The van der Waals surface area contributed by atoms with Gasteiger partial charge in [0.05, 0.1) is 12.7 Å². The van der Waals surface area contributed by atoms with Gasteiger partial charge in [-0.05, 0) is 15.9 Å². The maximum absolute atomic E-state index is 4.16. The molecule has 2 aromatic rings. The summed E-state index contributed by atoms with van der Waals surface area (Å²) in [5, 5.41) is 0. The zero-order valence-electron chi connectivity index (χ0n) is 8.27. The van der Waals surface area contributed by atoms with E-state index in [1.54, 1.807) is 12.7 Å². The molecular weight excluding hydrogens is 260 g/mol. The number of fused-ring (bicyclic) bond motifs is 1. The Morgan fingerprint density at radius 3 is 3.00 bits per heavy atom. The molecule has 7 heteroatoms. The molecule has 0 unspecified atom stereocenters. The molecule has 0 bridgehead atoms. The van der Waals surface area contributed by atoms with E-state index in [4.69, 9.17) is 0 Å². The van der Waals surface area contributed by atoms with Gasteiger partial charge in [0.25, 0.3) is 5.95 Å². The Hall–Kier alpha value is -1.50. The summed E-state index contributed by atoms with van der Waals surface area (Å²) >= 11 is 3.32. The lowest BCUT2D eigenvalue weighted by Crippen LogP contribution is -2.07. The van der Waals surface area contributed by atoms with Gasteiger partial charge < -0.3 is 9.88 Å². The van der Waals surface area contributed by atoms with E-state index >= 15 is 0 Å². The van der Waals surface area contributed by atoms with Gasteiger partial charge in [0.1, 0.15) is 10.1 Å². The Labute approximate surface area is 94.6 Å². The highest BCUT2D eigenvalue weighted by Crippen LogP contribution is 2.19. The minimum absolute atomic E-state index is 0.384. The second-order valence-electron chi connectivity index (χ2n) is 3.12. The molecule has 15 heavy (non-hydrogen) atoms. The normalized spacial score (nSPS) is 11.4. The van der Waals surface area contributed by atoms with Crippen LogP contribution in [-0.4, -0.2) is 45.3 Å². The summed E-state index contributed by atoms with van der Waals surface area (Å²) in [5.74, 6) is 0.384. The molecule has 2 heterocycles. The molecule has 0 amide bonds. The van der Waals surface area contributed by atoms with Gasteiger partial charge in [0.2, 0.25) is 0 Å². The molecule has 6 nitrogen and oxygen atoms in total. The topological polar surface area (TPSA) is 70.1 Å². The Kier molecular flexibility index (Phi) is 2.63. The summed E-state index contributed by atoms with van der Waals surface area (Å²) in [6.45, 7) is 0. The Morgan fingerprint density at radius 2 is 2.27 bits per heavy atom. The van der Waals surface area contributed by atoms with Gasteiger partial charge in [-0.15, -0.1) is 0 Å². The van der Waals surface area contributed by atoms with Crippen molar-refractivity contribution in [3.05, 3.63) is 10.9 Å². The summed E-state index contributed by atoms with van der Waals surface area (Å²) in [6, 6.07) is 0. The molecule has 2 rings (SSSR count). The van der Waals surface area contributed by atoms with Crippen LogP contribution < -0.4 is 0 Å². The first-order valence-corrected chi connectivity index (χ1v) is 5.03. The third-order valence-electron chi connectivity index (χ3n) is 1.63. The number of nitrogens with one attached hydrogen (secondary N) is 1. The maximum atomic E-state index is 4.16. The van der Waals surface area contributed by atoms with Crippen molar-refractivity contribution in [2.45, 2.75) is 0 Å². The van der Waals surface area contributed by atoms with E-state index < -0.39 is 0 Å². The van der Waals surface area contributed by atoms with E-state index in [0.717, 1.165) is 5.52 Å². The number of halogens is 1. The van der Waals surface area contributed by atoms with Gasteiger partial charge in [-0.3, -0.25) is 0 Å². The average molecular weight is 269 g/mol. The SMILES string of the molecule is CN(C)C=Nc1nc(Br)c2[nH]cnc2n1. The van der Waals surface area contributed by atoms with Crippen LogP contribution in [0.3, 0.4) is 0 Å². The highest BCUT2D eigenvalue weighted by molar-refractivity contribution is 9.10. The molecule has 0 fully saturated rings. The number of aliphatic imine (C=N–C) groups is 1. The second-order valence-corrected chi connectivity index (χ2v) is 3.87. The number of imidazole rings is 1. The molecule has 0 aromatic carbocycles. The summed E-state index contributed by atoms with van der Waals surface area (Å²) in [6.07, 6.45) is 3.21. The van der Waals surface area contributed by atoms with E-state index in [1.807, 2.05) is 19.0 Å². The smallest absolute Gasteiger partial charge is 0.254 e. The molecule has 0 radical (unpaired) electrons. The number of aromatic nitrogens is 4. The lowest BCUT2D eigenvalue weighted by atomic mass is 10.6. The first kappa shape index (κ1) is 10.0. The summed E-state index contributed by atoms with van der Waals surface area (Å²) in [5.41, 5.74) is 1.38. The van der Waals surface area contributed by atoms with Gasteiger partial charge in [0, 0.05) is 14.1 Å². The number of hydrogen-bond acceptors (Lipinski definition) is 4. The minimum atomic E-state index is 0.384. The van der Waals surface area contributed by atoms with E-state index in [1.165, 1.54) is 0 Å². The van der Waals surface area contributed by atoms with Crippen LogP contribution in [0.4, 0.5) is 5.95 Å². The van der Waals surface area contributed by atoms with Crippen LogP contribution in [0.25, 0.3) is 11.2 Å². The van der Waals surface area contributed by atoms with E-state index in [-0.39, 0.29) is 0 Å². The van der Waals surface area contributed by atoms with Crippen LogP contribution in [-0.2, 0) is 0 Å². The number of rotatable bonds is 2. The summed E-state index contributed by atoms with van der Waals surface area (Å²) in [7, 11) is 3.76. The predicted octanol–water partition coefficient (Wildman–Crippen LogP) is 1.34. The van der Waals surface area contributed by atoms with Crippen LogP contribution in [0.5, 0.6) is 0 Å². The molecule has 0 aliphatic carbocycles. The predicted molar refractivity (Wildman–Crippen MR) is 61.2 cm³/mol. The van der Waals surface area contributed by atoms with Crippen molar-refractivity contribution in [2.75, 3.05) is 14.1 Å². The Balaban J connectivity index is 2.45. The lowest BCUT2D eigenvalue weighted by molar-refractivity contribution is 0.642. The van der Waals surface area contributed by atoms with E-state index in [0.29, 0.717) is 16.2 Å². The van der Waals surface area contributed by atoms with Crippen molar-refractivity contribution in [2.24, 2.45) is 4.99 Å². The van der Waals surface area contributed by atoms with Gasteiger partial charge >= 0.3 is 0 Å². The number of nitrogens with zero attached hydrogens (tertiary/aromatic N) is 5. The fraction of sp³-hybridized carbons (Fsp3) is 0.250. The van der Waals surface area contributed by atoms with Gasteiger partial charge in [-0.1, -0.05) is 0 Å². The first-order valence-electron chi connectivity index (χ1n) is 4.24. The van der Waals surface area contributed by atoms with Crippen LogP contribution in [0.2, 0.25) is 0 Å². The van der Waals surface area contributed by atoms with Crippen molar-refractivity contribution < 1.29 is 0 Å². The zero-order chi connectivity index (χ0) is 10.8. The van der Waals surface area contributed by atoms with Crippen molar-refractivity contribution in [1.82, 2.24) is 24.8 Å². The van der Waals surface area contributed by atoms with Crippen LogP contribution in [0.15, 0.2) is 15.9 Å². The minimum Gasteiger partial charge on any atom is -0.369 e. The molecule has 78 valence electrons. The van der Waals surface area contributed by atoms with Gasteiger partial charge in [-0.25, -0.2) is 15.0 Å². The fourth-order valence-electron chi connectivity index (χ4n) is 1.01. The maximum Gasteiger partial charge on any atom is 0.254 e. The molecular formula is C8H9BrN6. The summed E-state index contributed by atoms with van der Waals surface area (Å²) in [4.78, 5) is 21.2. The largest absolute Gasteiger partial charge is 0.369 e. The van der Waals surface area contributed by atoms with E-state index in [9.17, 15) is 0 Å². The van der Waals surface area contributed by atoms with Crippen molar-refractivity contribution in [3.63, 3.8) is 0 Å². The average Bonchev–Trinajstić information content (AvgIpc) is 2.63. The standard InChI is InChI=1S/C8H9BrN6/c1-15(2)4-12-8-13-6(9)5-7(14-8)11-3-10-5/h3-4H,1-2H3,(H,10,11,13,14). The second kappa shape index (κ2) is 3.93. The third kappa shape index (κ3) is 2.12. The Bertz CT molecular complexity index is 503. The third-order valence-corrected chi connectivity index (χ3v) is 2.21. The molecule has 0 saturated carbocycles. The first-order chi connectivity index (χ1) is 7.16. The molecule has 0 atom stereocenters. The quantitative estimate of drug-likeness (QED) is 0.507. The highest BCUT2D eigenvalue weighted by atomic mass is 79.9. The number of aromatic amines is 1. The molecule has 0 spiro atoms. The number of hydrogen-bond donors (Lipinski definition) is 1. The highest BCUT2D eigenvalue weighted by Gasteiger charge is 2.05. The molecule has 0 saturated heterocycles. The molecule has 1 N–H and O–H groups in total. The lowest BCUT2D eigenvalue weighted by Gasteiger charge is -2.01. The number of H-pyrrole nitrogens is 1. The van der Waals surface area contributed by atoms with Crippen LogP contribution in [0, 0.1) is 0 Å².